The van der Waals surface area contributed by atoms with E-state index in [1.54, 1.807) is 0 Å². The highest BCUT2D eigenvalue weighted by molar-refractivity contribution is 6.31. The van der Waals surface area contributed by atoms with Crippen molar-refractivity contribution >= 4 is 34.2 Å². The molecule has 1 aliphatic rings. The van der Waals surface area contributed by atoms with Crippen molar-refractivity contribution in [1.82, 2.24) is 25.1 Å². The monoisotopic (exact) mass is 489 g/mol. The fourth-order valence-corrected chi connectivity index (χ4v) is 4.82. The zero-order chi connectivity index (χ0) is 24.4. The molecular weight excluding hydrogens is 462 g/mol. The summed E-state index contributed by atoms with van der Waals surface area (Å²) >= 11 is 6.45. The number of hydrogen-bond acceptors (Lipinski definition) is 6. The van der Waals surface area contributed by atoms with Crippen LogP contribution in [-0.4, -0.2) is 44.8 Å². The number of aromatic nitrogens is 4. The van der Waals surface area contributed by atoms with Crippen LogP contribution >= 0.6 is 11.6 Å². The van der Waals surface area contributed by atoms with Crippen LogP contribution in [0.15, 0.2) is 54.6 Å². The molecule has 1 unspecified atom stereocenters. The molecule has 0 radical (unpaired) electrons. The lowest BCUT2D eigenvalue weighted by molar-refractivity contribution is 0.0936. The third-order valence-corrected chi connectivity index (χ3v) is 6.69. The van der Waals surface area contributed by atoms with E-state index in [-0.39, 0.29) is 24.3 Å². The standard InChI is InChI=1S/C26H28ClN7O/c1-17-13-18-7-2-4-10-21(18)23(30-17)14-29-25(35)24-31-32-26(33-12-6-9-20(28)16-33)34(24)15-19-8-3-5-11-22(19)27/h2-5,7-8,10-11,13,20H,6,9,12,14-16,28H2,1H3,(H,29,35). The van der Waals surface area contributed by atoms with Crippen molar-refractivity contribution < 1.29 is 4.79 Å². The van der Waals surface area contributed by atoms with Crippen LogP contribution in [0.25, 0.3) is 10.8 Å². The molecule has 1 saturated heterocycles. The molecule has 8 nitrogen and oxygen atoms in total. The van der Waals surface area contributed by atoms with Gasteiger partial charge in [0.2, 0.25) is 11.8 Å². The molecule has 2 aromatic heterocycles. The molecule has 4 aromatic rings. The molecule has 0 bridgehead atoms. The Hall–Kier alpha value is -3.49. The van der Waals surface area contributed by atoms with Crippen LogP contribution < -0.4 is 16.0 Å². The molecule has 0 saturated carbocycles. The largest absolute Gasteiger partial charge is 0.344 e. The number of carbonyl (C=O) groups excluding carboxylic acids is 1. The number of anilines is 1. The van der Waals surface area contributed by atoms with E-state index < -0.39 is 0 Å². The highest BCUT2D eigenvalue weighted by Gasteiger charge is 2.26. The van der Waals surface area contributed by atoms with Gasteiger partial charge in [-0.2, -0.15) is 0 Å². The predicted molar refractivity (Wildman–Crippen MR) is 138 cm³/mol. The molecule has 3 heterocycles. The maximum atomic E-state index is 13.4. The number of aryl methyl sites for hydroxylation is 1. The number of fused-ring (bicyclic) bond motifs is 1. The van der Waals surface area contributed by atoms with E-state index in [1.165, 1.54) is 0 Å². The summed E-state index contributed by atoms with van der Waals surface area (Å²) in [5.41, 5.74) is 8.82. The fourth-order valence-electron chi connectivity index (χ4n) is 4.62. The second-order valence-electron chi connectivity index (χ2n) is 8.96. The molecule has 9 heteroatoms. The van der Waals surface area contributed by atoms with Gasteiger partial charge in [-0.25, -0.2) is 0 Å². The number of amides is 1. The van der Waals surface area contributed by atoms with Crippen LogP contribution in [-0.2, 0) is 13.1 Å². The lowest BCUT2D eigenvalue weighted by Crippen LogP contribution is -2.44. The first-order valence-electron chi connectivity index (χ1n) is 11.8. The van der Waals surface area contributed by atoms with Gasteiger partial charge < -0.3 is 16.0 Å². The molecule has 1 aliphatic heterocycles. The Labute approximate surface area is 209 Å². The van der Waals surface area contributed by atoms with Gasteiger partial charge in [-0.15, -0.1) is 10.2 Å². The Morgan fingerprint density at radius 1 is 1.17 bits per heavy atom. The van der Waals surface area contributed by atoms with Crippen LogP contribution in [0.1, 0.15) is 40.4 Å². The first-order chi connectivity index (χ1) is 17.0. The van der Waals surface area contributed by atoms with E-state index in [0.29, 0.717) is 24.1 Å². The van der Waals surface area contributed by atoms with Crippen molar-refractivity contribution in [1.29, 1.82) is 0 Å². The SMILES string of the molecule is Cc1cc2ccccc2c(CNC(=O)c2nnc(N3CCCC(N)C3)n2Cc2ccccc2Cl)n1. The molecule has 35 heavy (non-hydrogen) atoms. The number of rotatable bonds is 6. The number of nitrogens with one attached hydrogen (secondary N) is 1. The molecule has 0 aliphatic carbocycles. The van der Waals surface area contributed by atoms with Crippen molar-refractivity contribution in [2.45, 2.75) is 38.9 Å². The second-order valence-corrected chi connectivity index (χ2v) is 9.37. The quantitative estimate of drug-likeness (QED) is 0.428. The topological polar surface area (TPSA) is 102 Å². The lowest BCUT2D eigenvalue weighted by Gasteiger charge is -2.31. The number of halogens is 1. The lowest BCUT2D eigenvalue weighted by atomic mass is 10.1. The van der Waals surface area contributed by atoms with Gasteiger partial charge in [0.25, 0.3) is 5.91 Å². The summed E-state index contributed by atoms with van der Waals surface area (Å²) in [6.07, 6.45) is 1.94. The predicted octanol–water partition coefficient (Wildman–Crippen LogP) is 3.69. The van der Waals surface area contributed by atoms with E-state index in [4.69, 9.17) is 17.3 Å². The van der Waals surface area contributed by atoms with Crippen molar-refractivity contribution in [3.05, 3.63) is 82.4 Å². The van der Waals surface area contributed by atoms with E-state index in [9.17, 15) is 4.79 Å². The minimum atomic E-state index is -0.315. The maximum Gasteiger partial charge on any atom is 0.289 e. The number of hydrogen-bond donors (Lipinski definition) is 2. The highest BCUT2D eigenvalue weighted by Crippen LogP contribution is 2.24. The second kappa shape index (κ2) is 10.0. The van der Waals surface area contributed by atoms with Gasteiger partial charge in [0.05, 0.1) is 18.8 Å². The third-order valence-electron chi connectivity index (χ3n) is 6.33. The molecule has 2 aromatic carbocycles. The molecule has 1 amide bonds. The van der Waals surface area contributed by atoms with E-state index in [0.717, 1.165) is 47.1 Å². The first-order valence-corrected chi connectivity index (χ1v) is 12.2. The fraction of sp³-hybridized carbons (Fsp3) is 0.308. The van der Waals surface area contributed by atoms with Gasteiger partial charge in [0, 0.05) is 35.2 Å². The molecule has 3 N–H and O–H groups in total. The molecule has 180 valence electrons. The van der Waals surface area contributed by atoms with Crippen molar-refractivity contribution in [2.24, 2.45) is 5.73 Å². The first kappa shape index (κ1) is 23.3. The number of piperidine rings is 1. The van der Waals surface area contributed by atoms with E-state index >= 15 is 0 Å². The van der Waals surface area contributed by atoms with Gasteiger partial charge >= 0.3 is 0 Å². The van der Waals surface area contributed by atoms with E-state index in [1.807, 2.05) is 66.1 Å². The van der Waals surface area contributed by atoms with Crippen LogP contribution in [0.4, 0.5) is 5.95 Å². The van der Waals surface area contributed by atoms with Crippen LogP contribution in [0, 0.1) is 6.92 Å². The Kier molecular flexibility index (Phi) is 6.66. The molecule has 1 atom stereocenters. The van der Waals surface area contributed by atoms with Gasteiger partial charge in [-0.3, -0.25) is 14.3 Å². The Morgan fingerprint density at radius 2 is 1.97 bits per heavy atom. The van der Waals surface area contributed by atoms with E-state index in [2.05, 4.69) is 25.4 Å². The zero-order valence-electron chi connectivity index (χ0n) is 19.6. The van der Waals surface area contributed by atoms with Crippen molar-refractivity contribution in [2.75, 3.05) is 18.0 Å². The minimum Gasteiger partial charge on any atom is -0.344 e. The zero-order valence-corrected chi connectivity index (χ0v) is 20.4. The summed E-state index contributed by atoms with van der Waals surface area (Å²) < 4.78 is 1.83. The number of carbonyl (C=O) groups is 1. The highest BCUT2D eigenvalue weighted by atomic mass is 35.5. The molecule has 0 spiro atoms. The average Bonchev–Trinajstić information content (AvgIpc) is 3.27. The van der Waals surface area contributed by atoms with Crippen molar-refractivity contribution in [3.8, 4) is 0 Å². The molecular formula is C26H28ClN7O. The minimum absolute atomic E-state index is 0.0622. The summed E-state index contributed by atoms with van der Waals surface area (Å²) in [7, 11) is 0. The van der Waals surface area contributed by atoms with Gasteiger partial charge in [0.1, 0.15) is 0 Å². The smallest absolute Gasteiger partial charge is 0.289 e. The molecule has 1 fully saturated rings. The number of pyridine rings is 1. The van der Waals surface area contributed by atoms with Gasteiger partial charge in [-0.1, -0.05) is 54.1 Å². The number of nitrogens with two attached hydrogens (primary N) is 1. The van der Waals surface area contributed by atoms with Crippen LogP contribution in [0.5, 0.6) is 0 Å². The van der Waals surface area contributed by atoms with Crippen molar-refractivity contribution in [3.63, 3.8) is 0 Å². The van der Waals surface area contributed by atoms with Crippen LogP contribution in [0.2, 0.25) is 5.02 Å². The molecule has 5 rings (SSSR count). The summed E-state index contributed by atoms with van der Waals surface area (Å²) in [6, 6.07) is 17.7. The summed E-state index contributed by atoms with van der Waals surface area (Å²) in [5.74, 6) is 0.546. The number of benzene rings is 2. The van der Waals surface area contributed by atoms with Gasteiger partial charge in [0.15, 0.2) is 0 Å². The summed E-state index contributed by atoms with van der Waals surface area (Å²) in [6.45, 7) is 4.09. The van der Waals surface area contributed by atoms with Crippen LogP contribution in [0.3, 0.4) is 0 Å². The number of nitrogens with zero attached hydrogens (tertiary/aromatic N) is 5. The Balaban J connectivity index is 1.45. The summed E-state index contributed by atoms with van der Waals surface area (Å²) in [5, 5.41) is 14.4. The Morgan fingerprint density at radius 3 is 2.80 bits per heavy atom. The Bertz CT molecular complexity index is 1370. The summed E-state index contributed by atoms with van der Waals surface area (Å²) in [4.78, 5) is 20.1. The maximum absolute atomic E-state index is 13.4. The average molecular weight is 490 g/mol. The third kappa shape index (κ3) is 4.99. The normalized spacial score (nSPS) is 16.0. The van der Waals surface area contributed by atoms with Gasteiger partial charge in [-0.05, 0) is 42.8 Å².